The first-order valence-corrected chi connectivity index (χ1v) is 7.83. The van der Waals surface area contributed by atoms with E-state index in [1.54, 1.807) is 0 Å². The Morgan fingerprint density at radius 1 is 1.44 bits per heavy atom. The van der Waals surface area contributed by atoms with E-state index in [0.717, 1.165) is 12.1 Å². The third-order valence-electron chi connectivity index (χ3n) is 2.00. The van der Waals surface area contributed by atoms with Gasteiger partial charge in [0.15, 0.2) is 0 Å². The van der Waals surface area contributed by atoms with Crippen molar-refractivity contribution in [3.63, 3.8) is 0 Å². The van der Waals surface area contributed by atoms with Gasteiger partial charge in [-0.3, -0.25) is 0 Å². The SMILES string of the molecule is C=CC(=O)OC[Si](CC)(OCC)OC(C)C. The van der Waals surface area contributed by atoms with E-state index in [1.807, 2.05) is 27.7 Å². The molecule has 0 aromatic carbocycles. The lowest BCUT2D eigenvalue weighted by atomic mass is 10.5. The van der Waals surface area contributed by atoms with Gasteiger partial charge in [0.1, 0.15) is 6.23 Å². The standard InChI is InChI=1S/C11H22O4Si/c1-6-11(12)13-9-16(8-3,14-7-2)15-10(4)5/h6,10H,1,7-9H2,2-5H3. The number of rotatable bonds is 8. The van der Waals surface area contributed by atoms with Crippen LogP contribution in [-0.4, -0.2) is 33.5 Å². The van der Waals surface area contributed by atoms with Crippen molar-refractivity contribution in [1.29, 1.82) is 0 Å². The maximum atomic E-state index is 11.0. The van der Waals surface area contributed by atoms with Crippen LogP contribution in [0.1, 0.15) is 27.7 Å². The topological polar surface area (TPSA) is 44.8 Å². The van der Waals surface area contributed by atoms with Crippen molar-refractivity contribution in [3.8, 4) is 0 Å². The summed E-state index contributed by atoms with van der Waals surface area (Å²) in [7, 11) is -2.40. The van der Waals surface area contributed by atoms with E-state index >= 15 is 0 Å². The number of hydrogen-bond donors (Lipinski definition) is 0. The molecule has 5 heteroatoms. The smallest absolute Gasteiger partial charge is 0.377 e. The van der Waals surface area contributed by atoms with E-state index in [9.17, 15) is 4.79 Å². The molecule has 94 valence electrons. The molecule has 0 saturated heterocycles. The van der Waals surface area contributed by atoms with Crippen LogP contribution in [0.4, 0.5) is 0 Å². The average Bonchev–Trinajstić information content (AvgIpc) is 2.25. The molecule has 0 spiro atoms. The van der Waals surface area contributed by atoms with Crippen molar-refractivity contribution in [2.24, 2.45) is 0 Å². The lowest BCUT2D eigenvalue weighted by molar-refractivity contribution is -0.137. The Morgan fingerprint density at radius 2 is 2.06 bits per heavy atom. The molecule has 1 atom stereocenters. The van der Waals surface area contributed by atoms with Gasteiger partial charge < -0.3 is 13.6 Å². The number of ether oxygens (including phenoxy) is 1. The third-order valence-corrected chi connectivity index (χ3v) is 5.37. The molecule has 0 heterocycles. The van der Waals surface area contributed by atoms with E-state index < -0.39 is 14.5 Å². The molecule has 0 aromatic heterocycles. The first-order chi connectivity index (χ1) is 7.49. The van der Waals surface area contributed by atoms with Crippen molar-refractivity contribution in [2.45, 2.75) is 39.8 Å². The Morgan fingerprint density at radius 3 is 2.44 bits per heavy atom. The third kappa shape index (κ3) is 5.44. The van der Waals surface area contributed by atoms with Crippen LogP contribution in [0.25, 0.3) is 0 Å². The number of hydrogen-bond acceptors (Lipinski definition) is 4. The van der Waals surface area contributed by atoms with Crippen molar-refractivity contribution in [2.75, 3.05) is 12.8 Å². The second kappa shape index (κ2) is 7.59. The van der Waals surface area contributed by atoms with Crippen LogP contribution < -0.4 is 0 Å². The molecule has 0 fully saturated rings. The van der Waals surface area contributed by atoms with Crippen LogP contribution in [0.15, 0.2) is 12.7 Å². The zero-order valence-corrected chi connectivity index (χ0v) is 11.6. The lowest BCUT2D eigenvalue weighted by Crippen LogP contribution is -2.49. The molecule has 0 aliphatic rings. The van der Waals surface area contributed by atoms with Crippen LogP contribution in [0.5, 0.6) is 0 Å². The molecular weight excluding hydrogens is 224 g/mol. The minimum atomic E-state index is -2.40. The minimum absolute atomic E-state index is 0.0700. The first-order valence-electron chi connectivity index (χ1n) is 5.60. The minimum Gasteiger partial charge on any atom is -0.461 e. The van der Waals surface area contributed by atoms with Gasteiger partial charge in [0.2, 0.25) is 0 Å². The Kier molecular flexibility index (Phi) is 7.28. The Bertz CT molecular complexity index is 230. The van der Waals surface area contributed by atoms with Gasteiger partial charge >= 0.3 is 14.5 Å². The molecule has 0 saturated carbocycles. The molecule has 0 aliphatic heterocycles. The van der Waals surface area contributed by atoms with Crippen molar-refractivity contribution < 1.29 is 18.4 Å². The summed E-state index contributed by atoms with van der Waals surface area (Å²) in [6, 6.07) is 0.753. The van der Waals surface area contributed by atoms with E-state index in [1.165, 1.54) is 0 Å². The summed E-state index contributed by atoms with van der Waals surface area (Å²) in [5.74, 6) is -0.433. The highest BCUT2D eigenvalue weighted by Gasteiger charge is 2.38. The molecule has 0 rings (SSSR count). The summed E-state index contributed by atoms with van der Waals surface area (Å²) in [6.45, 7) is 11.7. The summed E-state index contributed by atoms with van der Waals surface area (Å²) in [5.41, 5.74) is 0. The van der Waals surface area contributed by atoms with Gasteiger partial charge in [0, 0.05) is 18.8 Å². The van der Waals surface area contributed by atoms with Crippen LogP contribution in [0.2, 0.25) is 6.04 Å². The predicted octanol–water partition coefficient (Wildman–Crippen LogP) is 2.18. The molecule has 4 nitrogen and oxygen atoms in total. The summed E-state index contributed by atoms with van der Waals surface area (Å²) in [4.78, 5) is 11.0. The quantitative estimate of drug-likeness (QED) is 0.374. The van der Waals surface area contributed by atoms with Crippen molar-refractivity contribution >= 4 is 14.5 Å². The largest absolute Gasteiger partial charge is 0.461 e. The Hall–Kier alpha value is -0.653. The predicted molar refractivity (Wildman–Crippen MR) is 65.2 cm³/mol. The fraction of sp³-hybridized carbons (Fsp3) is 0.727. The van der Waals surface area contributed by atoms with E-state index in [-0.39, 0.29) is 12.3 Å². The molecule has 0 amide bonds. The molecule has 0 aromatic rings. The van der Waals surface area contributed by atoms with Gasteiger partial charge in [0.05, 0.1) is 0 Å². The summed E-state index contributed by atoms with van der Waals surface area (Å²) in [5, 5.41) is 0. The maximum absolute atomic E-state index is 11.0. The first kappa shape index (κ1) is 15.3. The van der Waals surface area contributed by atoms with Gasteiger partial charge in [-0.25, -0.2) is 4.79 Å². The van der Waals surface area contributed by atoms with Crippen molar-refractivity contribution in [1.82, 2.24) is 0 Å². The zero-order valence-electron chi connectivity index (χ0n) is 10.6. The number of esters is 1. The van der Waals surface area contributed by atoms with E-state index in [4.69, 9.17) is 13.6 Å². The van der Waals surface area contributed by atoms with E-state index in [2.05, 4.69) is 6.58 Å². The number of carbonyl (C=O) groups is 1. The number of carbonyl (C=O) groups excluding carboxylic acids is 1. The maximum Gasteiger partial charge on any atom is 0.377 e. The van der Waals surface area contributed by atoms with Crippen LogP contribution in [-0.2, 0) is 18.4 Å². The van der Waals surface area contributed by atoms with Gasteiger partial charge in [-0.1, -0.05) is 13.5 Å². The molecule has 1 unspecified atom stereocenters. The molecule has 0 radical (unpaired) electrons. The second-order valence-electron chi connectivity index (χ2n) is 3.68. The highest BCUT2D eigenvalue weighted by atomic mass is 28.4. The van der Waals surface area contributed by atoms with E-state index in [0.29, 0.717) is 6.61 Å². The van der Waals surface area contributed by atoms with Gasteiger partial charge in [-0.05, 0) is 26.8 Å². The van der Waals surface area contributed by atoms with Gasteiger partial charge in [0.25, 0.3) is 0 Å². The lowest BCUT2D eigenvalue weighted by Gasteiger charge is -2.30. The Balaban J connectivity index is 4.48. The second-order valence-corrected chi connectivity index (χ2v) is 7.02. The summed E-state index contributed by atoms with van der Waals surface area (Å²) < 4.78 is 16.6. The molecule has 0 aliphatic carbocycles. The monoisotopic (exact) mass is 246 g/mol. The molecular formula is C11H22O4Si. The molecule has 0 bridgehead atoms. The van der Waals surface area contributed by atoms with Gasteiger partial charge in [-0.2, -0.15) is 0 Å². The molecule has 0 N–H and O–H groups in total. The van der Waals surface area contributed by atoms with Crippen LogP contribution >= 0.6 is 0 Å². The highest BCUT2D eigenvalue weighted by molar-refractivity contribution is 6.67. The Labute approximate surface area is 98.8 Å². The van der Waals surface area contributed by atoms with Crippen LogP contribution in [0, 0.1) is 0 Å². The average molecular weight is 246 g/mol. The van der Waals surface area contributed by atoms with Crippen molar-refractivity contribution in [3.05, 3.63) is 12.7 Å². The highest BCUT2D eigenvalue weighted by Crippen LogP contribution is 2.16. The van der Waals surface area contributed by atoms with Crippen LogP contribution in [0.3, 0.4) is 0 Å². The normalized spacial score (nSPS) is 14.6. The van der Waals surface area contributed by atoms with Gasteiger partial charge in [-0.15, -0.1) is 0 Å². The fourth-order valence-corrected chi connectivity index (χ4v) is 3.87. The molecule has 16 heavy (non-hydrogen) atoms. The summed E-state index contributed by atoms with van der Waals surface area (Å²) >= 11 is 0. The fourth-order valence-electron chi connectivity index (χ4n) is 1.33. The zero-order chi connectivity index (χ0) is 12.6. The summed E-state index contributed by atoms with van der Waals surface area (Å²) in [6.07, 6.45) is 1.44.